The Labute approximate surface area is 233 Å². The van der Waals surface area contributed by atoms with E-state index in [-0.39, 0.29) is 11.9 Å². The Balaban J connectivity index is 1.26. The topological polar surface area (TPSA) is 70.5 Å². The lowest BCUT2D eigenvalue weighted by atomic mass is 9.95. The molecular formula is C31H34FN7O. The third-order valence-corrected chi connectivity index (χ3v) is 8.83. The molecule has 4 aromatic rings. The number of nitrogens with zero attached hydrogens (tertiary/aromatic N) is 7. The van der Waals surface area contributed by atoms with Gasteiger partial charge in [0.1, 0.15) is 18.2 Å². The van der Waals surface area contributed by atoms with Crippen molar-refractivity contribution in [2.75, 3.05) is 36.5 Å². The average molecular weight is 540 g/mol. The lowest BCUT2D eigenvalue weighted by Gasteiger charge is -2.39. The van der Waals surface area contributed by atoms with Gasteiger partial charge in [0.2, 0.25) is 0 Å². The van der Waals surface area contributed by atoms with E-state index in [2.05, 4.69) is 56.8 Å². The molecule has 0 radical (unpaired) electrons. The number of pyridine rings is 2. The lowest BCUT2D eigenvalue weighted by Crippen LogP contribution is -2.41. The molecule has 3 aromatic heterocycles. The predicted octanol–water partition coefficient (Wildman–Crippen LogP) is 4.55. The second kappa shape index (κ2) is 10.3. The molecule has 6 heterocycles. The number of fused-ring (bicyclic) bond motifs is 3. The lowest BCUT2D eigenvalue weighted by molar-refractivity contribution is 0.187. The molecule has 0 saturated carbocycles. The minimum Gasteiger partial charge on any atom is -0.462 e. The maximum atomic E-state index is 14.8. The van der Waals surface area contributed by atoms with Crippen LogP contribution in [0.3, 0.4) is 0 Å². The molecule has 9 heteroatoms. The fraction of sp³-hybridized carbons (Fsp3) is 0.419. The summed E-state index contributed by atoms with van der Waals surface area (Å²) in [6.07, 6.45) is 10.8. The van der Waals surface area contributed by atoms with Crippen molar-refractivity contribution in [3.05, 3.63) is 77.3 Å². The monoisotopic (exact) mass is 539 g/mol. The summed E-state index contributed by atoms with van der Waals surface area (Å²) in [5.41, 5.74) is 4.87. The molecule has 8 nitrogen and oxygen atoms in total. The van der Waals surface area contributed by atoms with Gasteiger partial charge in [-0.2, -0.15) is 9.97 Å². The molecule has 0 bridgehead atoms. The molecule has 2 atom stereocenters. The molecule has 40 heavy (non-hydrogen) atoms. The van der Waals surface area contributed by atoms with E-state index >= 15 is 0 Å². The standard InChI is InChI=1S/C31H34FN7O/c1-20-12-22-14-33-15-27(32)26(22)17-39(20)30-25-9-11-38(29-16-34-13-21-6-3-4-8-24(21)29)18-28(25)35-31(36-30)40-19-23-7-5-10-37(23)2/h3-4,6,8,13-16,20,23H,5,7,9-12,17-19H2,1-2H3/t20-,23-/m0/s1. The zero-order chi connectivity index (χ0) is 27.2. The summed E-state index contributed by atoms with van der Waals surface area (Å²) in [6, 6.07) is 9.27. The number of anilines is 2. The smallest absolute Gasteiger partial charge is 0.318 e. The third-order valence-electron chi connectivity index (χ3n) is 8.83. The van der Waals surface area contributed by atoms with Gasteiger partial charge in [0.25, 0.3) is 0 Å². The van der Waals surface area contributed by atoms with Crippen LogP contribution in [0, 0.1) is 5.82 Å². The highest BCUT2D eigenvalue weighted by Crippen LogP contribution is 2.37. The molecule has 7 rings (SSSR count). The summed E-state index contributed by atoms with van der Waals surface area (Å²) >= 11 is 0. The van der Waals surface area contributed by atoms with Gasteiger partial charge in [-0.15, -0.1) is 0 Å². The van der Waals surface area contributed by atoms with Gasteiger partial charge in [-0.3, -0.25) is 9.97 Å². The fourth-order valence-electron chi connectivity index (χ4n) is 6.50. The zero-order valence-corrected chi connectivity index (χ0v) is 23.1. The van der Waals surface area contributed by atoms with Crippen molar-refractivity contribution in [2.45, 2.75) is 57.8 Å². The van der Waals surface area contributed by atoms with Crippen molar-refractivity contribution >= 4 is 22.3 Å². The highest BCUT2D eigenvalue weighted by molar-refractivity contribution is 5.93. The minimum atomic E-state index is -0.257. The Morgan fingerprint density at radius 3 is 2.75 bits per heavy atom. The third kappa shape index (κ3) is 4.52. The molecule has 0 aliphatic carbocycles. The van der Waals surface area contributed by atoms with Gasteiger partial charge in [0, 0.05) is 59.5 Å². The van der Waals surface area contributed by atoms with E-state index in [1.54, 1.807) is 6.20 Å². The number of benzene rings is 1. The fourth-order valence-corrected chi connectivity index (χ4v) is 6.50. The molecule has 0 spiro atoms. The molecule has 1 saturated heterocycles. The van der Waals surface area contributed by atoms with E-state index < -0.39 is 0 Å². The van der Waals surface area contributed by atoms with Crippen LogP contribution in [0.15, 0.2) is 49.1 Å². The van der Waals surface area contributed by atoms with Crippen LogP contribution in [0.2, 0.25) is 0 Å². The zero-order valence-electron chi connectivity index (χ0n) is 23.1. The van der Waals surface area contributed by atoms with Crippen molar-refractivity contribution in [3.8, 4) is 6.01 Å². The van der Waals surface area contributed by atoms with Gasteiger partial charge in [0.15, 0.2) is 0 Å². The van der Waals surface area contributed by atoms with Crippen LogP contribution in [-0.2, 0) is 25.9 Å². The Kier molecular flexibility index (Phi) is 6.46. The number of likely N-dealkylation sites (N-methyl/N-ethyl adjacent to an activating group) is 1. The van der Waals surface area contributed by atoms with Crippen molar-refractivity contribution in [1.82, 2.24) is 24.8 Å². The Morgan fingerprint density at radius 1 is 1.00 bits per heavy atom. The highest BCUT2D eigenvalue weighted by atomic mass is 19.1. The van der Waals surface area contributed by atoms with E-state index in [0.29, 0.717) is 37.3 Å². The summed E-state index contributed by atoms with van der Waals surface area (Å²) in [4.78, 5) is 25.5. The maximum absolute atomic E-state index is 14.8. The summed E-state index contributed by atoms with van der Waals surface area (Å²) in [5.74, 6) is 0.609. The van der Waals surface area contributed by atoms with E-state index in [1.165, 1.54) is 18.0 Å². The summed E-state index contributed by atoms with van der Waals surface area (Å²) < 4.78 is 21.1. The molecule has 0 unspecified atom stereocenters. The highest BCUT2D eigenvalue weighted by Gasteiger charge is 2.32. The van der Waals surface area contributed by atoms with E-state index in [9.17, 15) is 4.39 Å². The molecule has 0 amide bonds. The van der Waals surface area contributed by atoms with Crippen molar-refractivity contribution < 1.29 is 9.13 Å². The number of aromatic nitrogens is 4. The molecule has 3 aliphatic rings. The maximum Gasteiger partial charge on any atom is 0.318 e. The first-order valence-corrected chi connectivity index (χ1v) is 14.2. The van der Waals surface area contributed by atoms with Gasteiger partial charge in [0.05, 0.1) is 30.3 Å². The Morgan fingerprint density at radius 2 is 1.88 bits per heavy atom. The SMILES string of the molecule is C[C@H]1Cc2cncc(F)c2CN1c1nc(OC[C@@H]2CCCN2C)nc2c1CCN(c1cncc3ccccc13)C2. The van der Waals surface area contributed by atoms with E-state index in [1.807, 2.05) is 18.5 Å². The van der Waals surface area contributed by atoms with Crippen LogP contribution in [-0.4, -0.2) is 63.7 Å². The molecule has 3 aliphatic heterocycles. The molecule has 1 fully saturated rings. The predicted molar refractivity (Wildman–Crippen MR) is 153 cm³/mol. The quantitative estimate of drug-likeness (QED) is 0.366. The van der Waals surface area contributed by atoms with Crippen LogP contribution < -0.4 is 14.5 Å². The number of ether oxygens (including phenoxy) is 1. The van der Waals surface area contributed by atoms with Crippen LogP contribution in [0.25, 0.3) is 10.8 Å². The largest absolute Gasteiger partial charge is 0.462 e. The second-order valence-corrected chi connectivity index (χ2v) is 11.3. The Bertz CT molecular complexity index is 1560. The normalized spacial score (nSPS) is 21.0. The van der Waals surface area contributed by atoms with Crippen molar-refractivity contribution in [2.24, 2.45) is 0 Å². The van der Waals surface area contributed by atoms with Crippen LogP contribution in [0.1, 0.15) is 42.1 Å². The van der Waals surface area contributed by atoms with Gasteiger partial charge in [-0.1, -0.05) is 24.3 Å². The van der Waals surface area contributed by atoms with Crippen LogP contribution in [0.5, 0.6) is 6.01 Å². The first-order chi connectivity index (χ1) is 19.5. The molecule has 0 N–H and O–H groups in total. The molecule has 206 valence electrons. The van der Waals surface area contributed by atoms with Gasteiger partial charge in [-0.05, 0) is 51.8 Å². The number of likely N-dealkylation sites (tertiary alicyclic amines) is 1. The molecule has 1 aromatic carbocycles. The van der Waals surface area contributed by atoms with Gasteiger partial charge < -0.3 is 19.4 Å². The van der Waals surface area contributed by atoms with E-state index in [0.717, 1.165) is 66.1 Å². The summed E-state index contributed by atoms with van der Waals surface area (Å²) in [6.45, 7) is 5.73. The second-order valence-electron chi connectivity index (χ2n) is 11.3. The Hall–Kier alpha value is -3.85. The summed E-state index contributed by atoms with van der Waals surface area (Å²) in [7, 11) is 2.15. The van der Waals surface area contributed by atoms with Gasteiger partial charge >= 0.3 is 6.01 Å². The summed E-state index contributed by atoms with van der Waals surface area (Å²) in [5, 5.41) is 2.30. The van der Waals surface area contributed by atoms with Crippen LogP contribution >= 0.6 is 0 Å². The number of halogens is 1. The first kappa shape index (κ1) is 25.1. The number of rotatable bonds is 5. The van der Waals surface area contributed by atoms with E-state index in [4.69, 9.17) is 14.7 Å². The average Bonchev–Trinajstić information content (AvgIpc) is 3.39. The number of hydrogen-bond donors (Lipinski definition) is 0. The molecular weight excluding hydrogens is 505 g/mol. The first-order valence-electron chi connectivity index (χ1n) is 14.2. The van der Waals surface area contributed by atoms with Crippen molar-refractivity contribution in [3.63, 3.8) is 0 Å². The van der Waals surface area contributed by atoms with Gasteiger partial charge in [-0.25, -0.2) is 4.39 Å². The minimum absolute atomic E-state index is 0.143. The van der Waals surface area contributed by atoms with Crippen LogP contribution in [0.4, 0.5) is 15.9 Å². The number of hydrogen-bond acceptors (Lipinski definition) is 8. The van der Waals surface area contributed by atoms with Crippen molar-refractivity contribution in [1.29, 1.82) is 0 Å².